The molecular weight excluding hydrogens is 432 g/mol. The topological polar surface area (TPSA) is 69.0 Å². The SMILES string of the molecule is O=C(NCc1ccc(Cn2cnc3ccccc32)cc1)c1cccc(OCc2cscn2)c1. The van der Waals surface area contributed by atoms with E-state index in [0.717, 1.165) is 28.8 Å². The minimum absolute atomic E-state index is 0.136. The lowest BCUT2D eigenvalue weighted by Gasteiger charge is -2.09. The van der Waals surface area contributed by atoms with Gasteiger partial charge in [0.25, 0.3) is 5.91 Å². The molecule has 3 aromatic carbocycles. The summed E-state index contributed by atoms with van der Waals surface area (Å²) in [5.41, 5.74) is 7.54. The van der Waals surface area contributed by atoms with E-state index in [2.05, 4.69) is 38.1 Å². The predicted molar refractivity (Wildman–Crippen MR) is 129 cm³/mol. The van der Waals surface area contributed by atoms with Gasteiger partial charge in [-0.25, -0.2) is 9.97 Å². The highest BCUT2D eigenvalue weighted by atomic mass is 32.1. The van der Waals surface area contributed by atoms with E-state index in [0.29, 0.717) is 24.5 Å². The zero-order valence-corrected chi connectivity index (χ0v) is 18.7. The summed E-state index contributed by atoms with van der Waals surface area (Å²) in [6, 6.07) is 23.6. The molecule has 0 saturated heterocycles. The highest BCUT2D eigenvalue weighted by molar-refractivity contribution is 7.07. The number of para-hydroxylation sites is 2. The van der Waals surface area contributed by atoms with Crippen molar-refractivity contribution in [3.8, 4) is 5.75 Å². The van der Waals surface area contributed by atoms with Gasteiger partial charge >= 0.3 is 0 Å². The molecule has 0 aliphatic rings. The van der Waals surface area contributed by atoms with Gasteiger partial charge in [-0.2, -0.15) is 0 Å². The van der Waals surface area contributed by atoms with Gasteiger partial charge in [0, 0.05) is 24.0 Å². The van der Waals surface area contributed by atoms with Crippen molar-refractivity contribution in [1.29, 1.82) is 0 Å². The van der Waals surface area contributed by atoms with Crippen molar-refractivity contribution in [2.45, 2.75) is 19.7 Å². The first-order valence-electron chi connectivity index (χ1n) is 10.6. The number of hydrogen-bond acceptors (Lipinski definition) is 5. The van der Waals surface area contributed by atoms with E-state index in [1.165, 1.54) is 16.9 Å². The average Bonchev–Trinajstić information content (AvgIpc) is 3.53. The van der Waals surface area contributed by atoms with Crippen molar-refractivity contribution in [1.82, 2.24) is 19.9 Å². The number of amides is 1. The number of carbonyl (C=O) groups excluding carboxylic acids is 1. The van der Waals surface area contributed by atoms with Crippen LogP contribution in [0.25, 0.3) is 11.0 Å². The molecular formula is C26H22N4O2S. The number of nitrogens with zero attached hydrogens (tertiary/aromatic N) is 3. The van der Waals surface area contributed by atoms with Crippen molar-refractivity contribution in [3.05, 3.63) is 112 Å². The van der Waals surface area contributed by atoms with Gasteiger partial charge in [0.1, 0.15) is 12.4 Å². The van der Waals surface area contributed by atoms with E-state index < -0.39 is 0 Å². The number of ether oxygens (including phenoxy) is 1. The molecule has 0 atom stereocenters. The summed E-state index contributed by atoms with van der Waals surface area (Å²) in [6.45, 7) is 1.59. The zero-order valence-electron chi connectivity index (χ0n) is 17.8. The number of imidazole rings is 1. The Morgan fingerprint density at radius 2 is 1.82 bits per heavy atom. The van der Waals surface area contributed by atoms with Crippen LogP contribution in [0.5, 0.6) is 5.75 Å². The summed E-state index contributed by atoms with van der Waals surface area (Å²) in [5.74, 6) is 0.509. The zero-order chi connectivity index (χ0) is 22.5. The number of thiazole rings is 1. The van der Waals surface area contributed by atoms with E-state index in [1.807, 2.05) is 54.2 Å². The third kappa shape index (κ3) is 5.10. The second-order valence-electron chi connectivity index (χ2n) is 7.66. The fourth-order valence-corrected chi connectivity index (χ4v) is 4.12. The van der Waals surface area contributed by atoms with Gasteiger partial charge in [-0.15, -0.1) is 11.3 Å². The molecule has 0 unspecified atom stereocenters. The number of aromatic nitrogens is 3. The van der Waals surface area contributed by atoms with Crippen molar-refractivity contribution < 1.29 is 9.53 Å². The molecule has 7 heteroatoms. The van der Waals surface area contributed by atoms with Crippen molar-refractivity contribution in [2.24, 2.45) is 0 Å². The number of benzene rings is 3. The Hall–Kier alpha value is -3.97. The van der Waals surface area contributed by atoms with E-state index in [1.54, 1.807) is 17.6 Å². The van der Waals surface area contributed by atoms with Gasteiger partial charge < -0.3 is 14.6 Å². The molecule has 5 rings (SSSR count). The third-order valence-corrected chi connectivity index (χ3v) is 5.96. The number of hydrogen-bond donors (Lipinski definition) is 1. The summed E-state index contributed by atoms with van der Waals surface area (Å²) in [6.07, 6.45) is 1.87. The summed E-state index contributed by atoms with van der Waals surface area (Å²) in [4.78, 5) is 21.3. The molecule has 1 N–H and O–H groups in total. The molecule has 6 nitrogen and oxygen atoms in total. The smallest absolute Gasteiger partial charge is 0.251 e. The third-order valence-electron chi connectivity index (χ3n) is 5.32. The normalized spacial score (nSPS) is 10.9. The number of rotatable bonds is 8. The van der Waals surface area contributed by atoms with Crippen LogP contribution in [-0.4, -0.2) is 20.4 Å². The maximum atomic E-state index is 12.6. The first-order valence-corrected chi connectivity index (χ1v) is 11.5. The van der Waals surface area contributed by atoms with Gasteiger partial charge in [-0.3, -0.25) is 4.79 Å². The Kier molecular flexibility index (Phi) is 6.12. The average molecular weight is 455 g/mol. The van der Waals surface area contributed by atoms with Crippen LogP contribution >= 0.6 is 11.3 Å². The second-order valence-corrected chi connectivity index (χ2v) is 8.38. The fraction of sp³-hybridized carbons (Fsp3) is 0.115. The van der Waals surface area contributed by atoms with Crippen molar-refractivity contribution >= 4 is 28.3 Å². The van der Waals surface area contributed by atoms with Crippen LogP contribution < -0.4 is 10.1 Å². The van der Waals surface area contributed by atoms with Crippen LogP contribution in [0.15, 0.2) is 90.0 Å². The molecule has 0 aliphatic carbocycles. The van der Waals surface area contributed by atoms with Crippen molar-refractivity contribution in [3.63, 3.8) is 0 Å². The molecule has 164 valence electrons. The molecule has 0 radical (unpaired) electrons. The lowest BCUT2D eigenvalue weighted by Crippen LogP contribution is -2.22. The highest BCUT2D eigenvalue weighted by Crippen LogP contribution is 2.17. The Morgan fingerprint density at radius 1 is 0.970 bits per heavy atom. The van der Waals surface area contributed by atoms with Crippen LogP contribution in [-0.2, 0) is 19.7 Å². The lowest BCUT2D eigenvalue weighted by molar-refractivity contribution is 0.0950. The van der Waals surface area contributed by atoms with Gasteiger partial charge in [0.2, 0.25) is 0 Å². The van der Waals surface area contributed by atoms with E-state index in [4.69, 9.17) is 4.74 Å². The molecule has 1 amide bonds. The molecule has 0 aliphatic heterocycles. The van der Waals surface area contributed by atoms with Crippen LogP contribution in [0, 0.1) is 0 Å². The summed E-state index contributed by atoms with van der Waals surface area (Å²) >= 11 is 1.53. The monoisotopic (exact) mass is 454 g/mol. The van der Waals surface area contributed by atoms with Gasteiger partial charge in [-0.05, 0) is 41.5 Å². The molecule has 33 heavy (non-hydrogen) atoms. The summed E-state index contributed by atoms with van der Waals surface area (Å²) < 4.78 is 7.88. The Bertz CT molecular complexity index is 1360. The van der Waals surface area contributed by atoms with Crippen LogP contribution in [0.3, 0.4) is 0 Å². The molecule has 2 aromatic heterocycles. The second kappa shape index (κ2) is 9.67. The van der Waals surface area contributed by atoms with Crippen LogP contribution in [0.2, 0.25) is 0 Å². The Labute approximate surface area is 195 Å². The summed E-state index contributed by atoms with van der Waals surface area (Å²) in [7, 11) is 0. The molecule has 0 saturated carbocycles. The highest BCUT2D eigenvalue weighted by Gasteiger charge is 2.08. The largest absolute Gasteiger partial charge is 0.487 e. The van der Waals surface area contributed by atoms with Gasteiger partial charge in [0.15, 0.2) is 0 Å². The minimum Gasteiger partial charge on any atom is -0.487 e. The molecule has 0 fully saturated rings. The number of fused-ring (bicyclic) bond motifs is 1. The van der Waals surface area contributed by atoms with E-state index in [9.17, 15) is 4.79 Å². The first-order chi connectivity index (χ1) is 16.2. The molecule has 5 aromatic rings. The lowest BCUT2D eigenvalue weighted by atomic mass is 10.1. The molecule has 0 bridgehead atoms. The van der Waals surface area contributed by atoms with Gasteiger partial charge in [-0.1, -0.05) is 42.5 Å². The molecule has 0 spiro atoms. The van der Waals surface area contributed by atoms with Crippen LogP contribution in [0.4, 0.5) is 0 Å². The quantitative estimate of drug-likeness (QED) is 0.356. The Morgan fingerprint density at radius 3 is 2.67 bits per heavy atom. The first kappa shape index (κ1) is 20.9. The maximum Gasteiger partial charge on any atom is 0.251 e. The standard InChI is InChI=1S/C26H22N4O2S/c31-26(21-4-3-5-23(12-21)32-15-22-16-33-18-29-22)27-13-19-8-10-20(11-9-19)14-30-17-28-24-6-1-2-7-25(24)30/h1-12,16-18H,13-15H2,(H,27,31). The fourth-order valence-electron chi connectivity index (χ4n) is 3.57. The predicted octanol–water partition coefficient (Wildman–Crippen LogP) is 5.05. The van der Waals surface area contributed by atoms with Crippen molar-refractivity contribution in [2.75, 3.05) is 0 Å². The molecule has 2 heterocycles. The van der Waals surface area contributed by atoms with E-state index in [-0.39, 0.29) is 5.91 Å². The number of carbonyl (C=O) groups is 1. The minimum atomic E-state index is -0.136. The number of nitrogens with one attached hydrogen (secondary N) is 1. The van der Waals surface area contributed by atoms with E-state index >= 15 is 0 Å². The summed E-state index contributed by atoms with van der Waals surface area (Å²) in [5, 5.41) is 4.92. The Balaban J connectivity index is 1.16. The maximum absolute atomic E-state index is 12.6. The van der Waals surface area contributed by atoms with Crippen LogP contribution in [0.1, 0.15) is 27.2 Å². The van der Waals surface area contributed by atoms with Gasteiger partial charge in [0.05, 0.1) is 28.6 Å².